The average Bonchev–Trinajstić information content (AvgIpc) is 2.86. The summed E-state index contributed by atoms with van der Waals surface area (Å²) in [6, 6.07) is 1.82. The van der Waals surface area contributed by atoms with Crippen LogP contribution in [0.4, 0.5) is 0 Å². The molecule has 0 bridgehead atoms. The van der Waals surface area contributed by atoms with Gasteiger partial charge < -0.3 is 10.2 Å². The Kier molecular flexibility index (Phi) is 3.57. The smallest absolute Gasteiger partial charge is 0.106 e. The minimum atomic E-state index is -0.170. The zero-order valence-corrected chi connectivity index (χ0v) is 11.5. The molecule has 1 atom stereocenters. The summed E-state index contributed by atoms with van der Waals surface area (Å²) in [6.07, 6.45) is 2.85. The molecule has 0 saturated heterocycles. The summed E-state index contributed by atoms with van der Waals surface area (Å²) in [5.41, 5.74) is 9.66. The predicted molar refractivity (Wildman–Crippen MR) is 71.5 cm³/mol. The van der Waals surface area contributed by atoms with Crippen LogP contribution in [0.25, 0.3) is 0 Å². The van der Waals surface area contributed by atoms with Crippen molar-refractivity contribution in [1.82, 2.24) is 9.78 Å². The number of nitrogens with zero attached hydrogens (tertiary/aromatic N) is 2. The first-order valence-electron chi connectivity index (χ1n) is 6.40. The maximum Gasteiger partial charge on any atom is 0.106 e. The molecular formula is C14H21N3O. The summed E-state index contributed by atoms with van der Waals surface area (Å²) in [6.45, 7) is 9.03. The van der Waals surface area contributed by atoms with Gasteiger partial charge in [-0.15, -0.1) is 0 Å². The van der Waals surface area contributed by atoms with Gasteiger partial charge in [0.05, 0.1) is 11.7 Å². The molecule has 1 unspecified atom stereocenters. The fraction of sp³-hybridized carbons (Fsp3) is 0.500. The third kappa shape index (κ3) is 2.08. The van der Waals surface area contributed by atoms with Crippen LogP contribution in [0.15, 0.2) is 16.7 Å². The Hall–Kier alpha value is -1.55. The second kappa shape index (κ2) is 4.98. The van der Waals surface area contributed by atoms with Crippen molar-refractivity contribution in [2.45, 2.75) is 46.7 Å². The van der Waals surface area contributed by atoms with Crippen LogP contribution < -0.4 is 5.73 Å². The quantitative estimate of drug-likeness (QED) is 0.903. The number of aromatic nitrogens is 2. The van der Waals surface area contributed by atoms with Crippen molar-refractivity contribution in [2.24, 2.45) is 5.73 Å². The van der Waals surface area contributed by atoms with Crippen LogP contribution in [-0.2, 0) is 6.54 Å². The molecule has 0 amide bonds. The van der Waals surface area contributed by atoms with Crippen molar-refractivity contribution >= 4 is 0 Å². The summed E-state index contributed by atoms with van der Waals surface area (Å²) < 4.78 is 7.63. The Balaban J connectivity index is 2.41. The van der Waals surface area contributed by atoms with E-state index in [1.165, 1.54) is 0 Å². The molecule has 2 aromatic rings. The van der Waals surface area contributed by atoms with E-state index in [0.717, 1.165) is 41.3 Å². The number of rotatable bonds is 4. The number of furan rings is 1. The lowest BCUT2D eigenvalue weighted by Gasteiger charge is -2.14. The van der Waals surface area contributed by atoms with E-state index in [-0.39, 0.29) is 6.04 Å². The van der Waals surface area contributed by atoms with Crippen LogP contribution in [0.3, 0.4) is 0 Å². The van der Waals surface area contributed by atoms with Crippen molar-refractivity contribution in [3.05, 3.63) is 40.6 Å². The summed E-state index contributed by atoms with van der Waals surface area (Å²) in [5.74, 6) is 1.85. The first-order chi connectivity index (χ1) is 8.56. The number of hydrogen-bond acceptors (Lipinski definition) is 3. The first-order valence-corrected chi connectivity index (χ1v) is 6.40. The van der Waals surface area contributed by atoms with Gasteiger partial charge in [-0.2, -0.15) is 5.10 Å². The summed E-state index contributed by atoms with van der Waals surface area (Å²) >= 11 is 0. The maximum atomic E-state index is 6.39. The third-order valence-electron chi connectivity index (χ3n) is 3.43. The molecule has 2 N–H and O–H groups in total. The lowest BCUT2D eigenvalue weighted by Crippen LogP contribution is -2.18. The topological polar surface area (TPSA) is 57.0 Å². The SMILES string of the molecule is CCCn1nccc1C(N)c1c(C)oc(C)c1C. The molecule has 0 radical (unpaired) electrons. The highest BCUT2D eigenvalue weighted by atomic mass is 16.3. The number of hydrogen-bond donors (Lipinski definition) is 1. The fourth-order valence-corrected chi connectivity index (χ4v) is 2.42. The third-order valence-corrected chi connectivity index (χ3v) is 3.43. The highest BCUT2D eigenvalue weighted by Gasteiger charge is 2.21. The largest absolute Gasteiger partial charge is 0.466 e. The van der Waals surface area contributed by atoms with Crippen molar-refractivity contribution in [3.8, 4) is 0 Å². The van der Waals surface area contributed by atoms with Gasteiger partial charge >= 0.3 is 0 Å². The molecule has 2 rings (SSSR count). The van der Waals surface area contributed by atoms with Crippen LogP contribution >= 0.6 is 0 Å². The average molecular weight is 247 g/mol. The second-order valence-corrected chi connectivity index (χ2v) is 4.71. The van der Waals surface area contributed by atoms with E-state index in [2.05, 4.69) is 18.9 Å². The van der Waals surface area contributed by atoms with Crippen LogP contribution in [0.1, 0.15) is 47.7 Å². The van der Waals surface area contributed by atoms with Crippen molar-refractivity contribution in [3.63, 3.8) is 0 Å². The Morgan fingerprint density at radius 3 is 2.61 bits per heavy atom. The van der Waals surface area contributed by atoms with Gasteiger partial charge in [-0.25, -0.2) is 0 Å². The van der Waals surface area contributed by atoms with Crippen molar-refractivity contribution in [2.75, 3.05) is 0 Å². The highest BCUT2D eigenvalue weighted by molar-refractivity contribution is 5.38. The van der Waals surface area contributed by atoms with Gasteiger partial charge in [-0.1, -0.05) is 6.92 Å². The Bertz CT molecular complexity index is 539. The van der Waals surface area contributed by atoms with Crippen LogP contribution in [0.2, 0.25) is 0 Å². The lowest BCUT2D eigenvalue weighted by molar-refractivity contribution is 0.496. The lowest BCUT2D eigenvalue weighted by atomic mass is 10.0. The standard InChI is InChI=1S/C14H21N3O/c1-5-8-17-12(6-7-16-17)14(15)13-9(2)10(3)18-11(13)4/h6-7,14H,5,8,15H2,1-4H3. The second-order valence-electron chi connectivity index (χ2n) is 4.71. The Morgan fingerprint density at radius 2 is 2.06 bits per heavy atom. The molecule has 0 saturated carbocycles. The van der Waals surface area contributed by atoms with E-state index in [4.69, 9.17) is 10.2 Å². The van der Waals surface area contributed by atoms with Gasteiger partial charge in [0.2, 0.25) is 0 Å². The number of aryl methyl sites for hydroxylation is 3. The maximum absolute atomic E-state index is 6.39. The summed E-state index contributed by atoms with van der Waals surface area (Å²) in [7, 11) is 0. The fourth-order valence-electron chi connectivity index (χ4n) is 2.42. The van der Waals surface area contributed by atoms with Crippen LogP contribution in [0, 0.1) is 20.8 Å². The van der Waals surface area contributed by atoms with Gasteiger partial charge in [-0.05, 0) is 38.8 Å². The normalized spacial score (nSPS) is 12.9. The molecule has 18 heavy (non-hydrogen) atoms. The summed E-state index contributed by atoms with van der Waals surface area (Å²) in [5, 5.41) is 4.32. The van der Waals surface area contributed by atoms with E-state index >= 15 is 0 Å². The number of nitrogens with two attached hydrogens (primary N) is 1. The van der Waals surface area contributed by atoms with Crippen LogP contribution in [0.5, 0.6) is 0 Å². The molecule has 98 valence electrons. The van der Waals surface area contributed by atoms with Gasteiger partial charge in [0.25, 0.3) is 0 Å². The molecule has 0 spiro atoms. The molecule has 0 aliphatic carbocycles. The molecule has 2 heterocycles. The zero-order chi connectivity index (χ0) is 13.3. The molecule has 0 aliphatic heterocycles. The highest BCUT2D eigenvalue weighted by Crippen LogP contribution is 2.29. The van der Waals surface area contributed by atoms with Gasteiger partial charge in [-0.3, -0.25) is 4.68 Å². The minimum absolute atomic E-state index is 0.170. The molecular weight excluding hydrogens is 226 g/mol. The monoisotopic (exact) mass is 247 g/mol. The van der Waals surface area contributed by atoms with E-state index in [1.807, 2.05) is 30.8 Å². The van der Waals surface area contributed by atoms with Crippen molar-refractivity contribution in [1.29, 1.82) is 0 Å². The molecule has 4 heteroatoms. The van der Waals surface area contributed by atoms with Crippen LogP contribution in [-0.4, -0.2) is 9.78 Å². The zero-order valence-electron chi connectivity index (χ0n) is 11.5. The molecule has 0 aromatic carbocycles. The molecule has 4 nitrogen and oxygen atoms in total. The van der Waals surface area contributed by atoms with Gasteiger partial charge in [0.1, 0.15) is 11.5 Å². The molecule has 2 aromatic heterocycles. The van der Waals surface area contributed by atoms with E-state index < -0.39 is 0 Å². The van der Waals surface area contributed by atoms with E-state index in [1.54, 1.807) is 0 Å². The minimum Gasteiger partial charge on any atom is -0.466 e. The first kappa shape index (κ1) is 12.9. The molecule has 0 aliphatic rings. The Morgan fingerprint density at radius 1 is 1.33 bits per heavy atom. The van der Waals surface area contributed by atoms with Gasteiger partial charge in [0, 0.05) is 18.3 Å². The van der Waals surface area contributed by atoms with Gasteiger partial charge in [0.15, 0.2) is 0 Å². The van der Waals surface area contributed by atoms with E-state index in [0.29, 0.717) is 0 Å². The molecule has 0 fully saturated rings. The summed E-state index contributed by atoms with van der Waals surface area (Å²) in [4.78, 5) is 0. The predicted octanol–water partition coefficient (Wildman–Crippen LogP) is 2.86. The van der Waals surface area contributed by atoms with E-state index in [9.17, 15) is 0 Å². The van der Waals surface area contributed by atoms with Crippen molar-refractivity contribution < 1.29 is 4.42 Å². The Labute approximate surface area is 108 Å².